The highest BCUT2D eigenvalue weighted by Gasteiger charge is 2.57. The summed E-state index contributed by atoms with van der Waals surface area (Å²) in [5, 5.41) is 8.46. The Labute approximate surface area is 197 Å². The summed E-state index contributed by atoms with van der Waals surface area (Å²) in [6.45, 7) is 6.01. The van der Waals surface area contributed by atoms with Gasteiger partial charge in [-0.15, -0.1) is 0 Å². The molecule has 5 nitrogen and oxygen atoms in total. The molecule has 1 aromatic heterocycles. The minimum Gasteiger partial charge on any atom is -0.353 e. The Morgan fingerprint density at radius 1 is 1.16 bits per heavy atom. The fraction of sp³-hybridized carbons (Fsp3) is 0.400. The molecule has 5 rings (SSSR count). The number of halogens is 2. The Bertz CT molecular complexity index is 1180. The van der Waals surface area contributed by atoms with Crippen molar-refractivity contribution in [3.8, 4) is 11.5 Å². The van der Waals surface area contributed by atoms with E-state index in [1.54, 1.807) is 6.92 Å². The first-order valence-corrected chi connectivity index (χ1v) is 11.7. The zero-order valence-electron chi connectivity index (χ0n) is 18.2. The van der Waals surface area contributed by atoms with E-state index >= 15 is 0 Å². The molecule has 2 aromatic carbocycles. The third-order valence-corrected chi connectivity index (χ3v) is 7.96. The van der Waals surface area contributed by atoms with Gasteiger partial charge in [-0.25, -0.2) is 0 Å². The van der Waals surface area contributed by atoms with Crippen molar-refractivity contribution in [3.05, 3.63) is 69.5 Å². The number of nitrogens with one attached hydrogen (secondary N) is 1. The topological polar surface area (TPSA) is 68.0 Å². The van der Waals surface area contributed by atoms with Gasteiger partial charge in [-0.2, -0.15) is 4.98 Å². The number of benzene rings is 2. The molecular weight excluding hydrogens is 445 g/mol. The maximum absolute atomic E-state index is 12.9. The van der Waals surface area contributed by atoms with Crippen LogP contribution in [0.25, 0.3) is 11.5 Å². The van der Waals surface area contributed by atoms with Gasteiger partial charge < -0.3 is 9.84 Å². The molecule has 1 amide bonds. The lowest BCUT2D eigenvalue weighted by molar-refractivity contribution is -0.129. The van der Waals surface area contributed by atoms with Crippen LogP contribution >= 0.6 is 23.2 Å². The molecule has 0 radical (unpaired) electrons. The first kappa shape index (κ1) is 21.5. The molecule has 0 unspecified atom stereocenters. The summed E-state index contributed by atoms with van der Waals surface area (Å²) in [6.07, 6.45) is 1.70. The van der Waals surface area contributed by atoms with E-state index in [-0.39, 0.29) is 29.7 Å². The summed E-state index contributed by atoms with van der Waals surface area (Å²) in [4.78, 5) is 17.2. The predicted octanol–water partition coefficient (Wildman–Crippen LogP) is 6.15. The molecule has 166 valence electrons. The van der Waals surface area contributed by atoms with Gasteiger partial charge in [-0.3, -0.25) is 4.79 Å². The van der Waals surface area contributed by atoms with Gasteiger partial charge >= 0.3 is 0 Å². The number of nitrogens with zero attached hydrogens (tertiary/aromatic N) is 2. The molecule has 1 N–H and O–H groups in total. The molecule has 2 fully saturated rings. The minimum atomic E-state index is -0.395. The number of aryl methyl sites for hydroxylation is 1. The summed E-state index contributed by atoms with van der Waals surface area (Å²) < 4.78 is 5.31. The number of carbonyl (C=O) groups is 1. The van der Waals surface area contributed by atoms with E-state index in [2.05, 4.69) is 47.5 Å². The first-order chi connectivity index (χ1) is 15.3. The molecule has 0 bridgehead atoms. The standard InChI is InChI=1S/C25H25Cl2N3O2/c1-13-22-21(15-4-7-17(26)8-5-15)19(10-11-25(22,3)24(31)28-13)18-9-6-16(12-20(18)27)23-29-14(2)30-32-23/h4-9,12-13,19,21-22H,10-11H2,1-3H3,(H,28,31)/t13-,19+,21+,22+,25-/m1/s1. The van der Waals surface area contributed by atoms with Crippen LogP contribution in [0.15, 0.2) is 47.0 Å². The van der Waals surface area contributed by atoms with Gasteiger partial charge in [0.05, 0.1) is 5.41 Å². The summed E-state index contributed by atoms with van der Waals surface area (Å²) >= 11 is 13.0. The summed E-state index contributed by atoms with van der Waals surface area (Å²) in [7, 11) is 0. The molecule has 1 aliphatic carbocycles. The van der Waals surface area contributed by atoms with E-state index in [4.69, 9.17) is 27.7 Å². The second-order valence-corrected chi connectivity index (χ2v) is 10.2. The molecule has 2 aliphatic rings. The van der Waals surface area contributed by atoms with Crippen molar-refractivity contribution >= 4 is 29.1 Å². The third kappa shape index (κ3) is 3.43. The zero-order valence-corrected chi connectivity index (χ0v) is 19.7. The number of aromatic nitrogens is 2. The van der Waals surface area contributed by atoms with Gasteiger partial charge in [0.2, 0.25) is 5.91 Å². The number of hydrogen-bond donors (Lipinski definition) is 1. The van der Waals surface area contributed by atoms with Gasteiger partial charge in [0.1, 0.15) is 0 Å². The van der Waals surface area contributed by atoms with E-state index in [1.165, 1.54) is 5.56 Å². The largest absolute Gasteiger partial charge is 0.353 e. The molecule has 7 heteroatoms. The van der Waals surface area contributed by atoms with E-state index in [0.717, 1.165) is 24.0 Å². The van der Waals surface area contributed by atoms with Crippen molar-refractivity contribution in [3.63, 3.8) is 0 Å². The van der Waals surface area contributed by atoms with Gasteiger partial charge in [-0.05, 0) is 73.9 Å². The quantitative estimate of drug-likeness (QED) is 0.498. The highest BCUT2D eigenvalue weighted by atomic mass is 35.5. The molecule has 1 saturated heterocycles. The molecule has 5 atom stereocenters. The fourth-order valence-corrected chi connectivity index (χ4v) is 6.33. The first-order valence-electron chi connectivity index (χ1n) is 10.9. The Hall–Kier alpha value is -2.37. The molecule has 3 aromatic rings. The van der Waals surface area contributed by atoms with E-state index in [0.29, 0.717) is 21.8 Å². The maximum Gasteiger partial charge on any atom is 0.257 e. The fourth-order valence-electron chi connectivity index (χ4n) is 5.89. The summed E-state index contributed by atoms with van der Waals surface area (Å²) in [5.41, 5.74) is 2.68. The van der Waals surface area contributed by atoms with Crippen LogP contribution in [0.5, 0.6) is 0 Å². The number of rotatable bonds is 3. The smallest absolute Gasteiger partial charge is 0.257 e. The Morgan fingerprint density at radius 3 is 2.56 bits per heavy atom. The van der Waals surface area contributed by atoms with Gasteiger partial charge in [0.15, 0.2) is 5.82 Å². The number of hydrogen-bond acceptors (Lipinski definition) is 4. The van der Waals surface area contributed by atoms with E-state index in [1.807, 2.05) is 24.3 Å². The molecule has 1 aliphatic heterocycles. The normalized spacial score (nSPS) is 29.6. The SMILES string of the molecule is Cc1noc(-c2ccc([C@@H]3CC[C@@]4(C)C(=O)N[C@H](C)[C@H]4[C@H]3c3ccc(Cl)cc3)c(Cl)c2)n1. The van der Waals surface area contributed by atoms with E-state index in [9.17, 15) is 4.79 Å². The van der Waals surface area contributed by atoms with Gasteiger partial charge in [0.25, 0.3) is 5.89 Å². The van der Waals surface area contributed by atoms with Crippen molar-refractivity contribution in [1.82, 2.24) is 15.5 Å². The number of amides is 1. The lowest BCUT2D eigenvalue weighted by atomic mass is 9.56. The molecule has 2 heterocycles. The molecular formula is C25H25Cl2N3O2. The van der Waals surface area contributed by atoms with Crippen LogP contribution in [0.4, 0.5) is 0 Å². The van der Waals surface area contributed by atoms with Crippen molar-refractivity contribution in [2.75, 3.05) is 0 Å². The van der Waals surface area contributed by atoms with Crippen molar-refractivity contribution < 1.29 is 9.32 Å². The number of carbonyl (C=O) groups excluding carboxylic acids is 1. The zero-order chi connectivity index (χ0) is 22.6. The Kier molecular flexibility index (Phi) is 5.30. The lowest BCUT2D eigenvalue weighted by Crippen LogP contribution is -2.42. The van der Waals surface area contributed by atoms with Gasteiger partial charge in [0, 0.05) is 27.6 Å². The summed E-state index contributed by atoms with van der Waals surface area (Å²) in [6, 6.07) is 14.1. The second kappa shape index (κ2) is 7.89. The van der Waals surface area contributed by atoms with Crippen LogP contribution in [-0.4, -0.2) is 22.1 Å². The highest BCUT2D eigenvalue weighted by molar-refractivity contribution is 6.31. The predicted molar refractivity (Wildman–Crippen MR) is 125 cm³/mol. The van der Waals surface area contributed by atoms with Crippen molar-refractivity contribution in [1.29, 1.82) is 0 Å². The molecule has 0 spiro atoms. The van der Waals surface area contributed by atoms with Gasteiger partial charge in [-0.1, -0.05) is 53.5 Å². The van der Waals surface area contributed by atoms with Crippen molar-refractivity contribution in [2.45, 2.75) is 51.5 Å². The Balaban J connectivity index is 1.59. The van der Waals surface area contributed by atoms with Crippen molar-refractivity contribution in [2.24, 2.45) is 11.3 Å². The average molecular weight is 470 g/mol. The second-order valence-electron chi connectivity index (χ2n) is 9.31. The lowest BCUT2D eigenvalue weighted by Gasteiger charge is -2.46. The minimum absolute atomic E-state index is 0.0791. The third-order valence-electron chi connectivity index (χ3n) is 7.38. The monoisotopic (exact) mass is 469 g/mol. The number of fused-ring (bicyclic) bond motifs is 1. The van der Waals surface area contributed by atoms with Crippen LogP contribution in [0.2, 0.25) is 10.0 Å². The summed E-state index contributed by atoms with van der Waals surface area (Å²) in [5.74, 6) is 1.66. The molecule has 32 heavy (non-hydrogen) atoms. The van der Waals surface area contributed by atoms with Crippen LogP contribution in [0.3, 0.4) is 0 Å². The maximum atomic E-state index is 12.9. The van der Waals surface area contributed by atoms with Crippen LogP contribution in [0.1, 0.15) is 55.5 Å². The van der Waals surface area contributed by atoms with Crippen LogP contribution in [0, 0.1) is 18.3 Å². The van der Waals surface area contributed by atoms with Crippen LogP contribution < -0.4 is 5.32 Å². The molecule has 1 saturated carbocycles. The average Bonchev–Trinajstić information content (AvgIpc) is 3.29. The Morgan fingerprint density at radius 2 is 1.91 bits per heavy atom. The highest BCUT2D eigenvalue weighted by Crippen LogP contribution is 2.59. The van der Waals surface area contributed by atoms with Crippen LogP contribution in [-0.2, 0) is 4.79 Å². The van der Waals surface area contributed by atoms with E-state index < -0.39 is 5.41 Å².